The monoisotopic (exact) mass is 173 g/mol. The van der Waals surface area contributed by atoms with Crippen molar-refractivity contribution in [2.24, 2.45) is 0 Å². The van der Waals surface area contributed by atoms with Gasteiger partial charge in [-0.15, -0.1) is 0 Å². The van der Waals surface area contributed by atoms with Crippen molar-refractivity contribution in [3.63, 3.8) is 0 Å². The summed E-state index contributed by atoms with van der Waals surface area (Å²) in [5.74, 6) is 0. The Morgan fingerprint density at radius 3 is 2.69 bits per heavy atom. The second-order valence-corrected chi connectivity index (χ2v) is 3.27. The Balaban J connectivity index is 3.06. The minimum atomic E-state index is 0.0925. The van der Waals surface area contributed by atoms with Gasteiger partial charge in [0.2, 0.25) is 0 Å². The first-order valence-corrected chi connectivity index (χ1v) is 4.28. The third-order valence-corrected chi connectivity index (χ3v) is 2.46. The molecule has 66 valence electrons. The fourth-order valence-electron chi connectivity index (χ4n) is 1.54. The van der Waals surface area contributed by atoms with E-state index < -0.39 is 0 Å². The van der Waals surface area contributed by atoms with Gasteiger partial charge in [-0.2, -0.15) is 0 Å². The molecule has 0 amide bonds. The van der Waals surface area contributed by atoms with Crippen molar-refractivity contribution >= 4 is 10.9 Å². The molecule has 0 radical (unpaired) electrons. The highest BCUT2D eigenvalue weighted by Gasteiger charge is 2.02. The molecule has 2 nitrogen and oxygen atoms in total. The van der Waals surface area contributed by atoms with Gasteiger partial charge >= 0.3 is 0 Å². The highest BCUT2D eigenvalue weighted by molar-refractivity contribution is 5.82. The SMILES string of the molecule is Cc1ccc2[nH]ccc(=O)c2c1C. The highest BCUT2D eigenvalue weighted by atomic mass is 16.1. The first-order valence-electron chi connectivity index (χ1n) is 4.28. The van der Waals surface area contributed by atoms with E-state index in [0.717, 1.165) is 22.0 Å². The highest BCUT2D eigenvalue weighted by Crippen LogP contribution is 2.15. The second kappa shape index (κ2) is 2.73. The smallest absolute Gasteiger partial charge is 0.189 e. The summed E-state index contributed by atoms with van der Waals surface area (Å²) in [7, 11) is 0. The molecule has 0 saturated carbocycles. The Labute approximate surface area is 76.2 Å². The zero-order valence-corrected chi connectivity index (χ0v) is 7.72. The number of H-pyrrole nitrogens is 1. The van der Waals surface area contributed by atoms with Crippen LogP contribution in [0.25, 0.3) is 10.9 Å². The zero-order valence-electron chi connectivity index (χ0n) is 7.72. The molecule has 13 heavy (non-hydrogen) atoms. The minimum Gasteiger partial charge on any atom is -0.361 e. The van der Waals surface area contributed by atoms with Crippen molar-refractivity contribution in [1.82, 2.24) is 4.98 Å². The van der Waals surface area contributed by atoms with Gasteiger partial charge in [0, 0.05) is 23.2 Å². The molecule has 2 rings (SSSR count). The normalized spacial score (nSPS) is 10.6. The number of nitrogens with one attached hydrogen (secondary N) is 1. The van der Waals surface area contributed by atoms with Crippen molar-refractivity contribution in [2.45, 2.75) is 13.8 Å². The van der Waals surface area contributed by atoms with Crippen molar-refractivity contribution in [2.75, 3.05) is 0 Å². The summed E-state index contributed by atoms with van der Waals surface area (Å²) in [5.41, 5.74) is 3.23. The van der Waals surface area contributed by atoms with Crippen LogP contribution in [0.2, 0.25) is 0 Å². The standard InChI is InChI=1S/C11H11NO/c1-7-3-4-9-11(8(7)2)10(13)5-6-12-9/h3-6H,1-2H3,(H,12,13). The van der Waals surface area contributed by atoms with Gasteiger partial charge in [0.25, 0.3) is 0 Å². The summed E-state index contributed by atoms with van der Waals surface area (Å²) in [5, 5.41) is 0.808. The summed E-state index contributed by atoms with van der Waals surface area (Å²) in [6, 6.07) is 5.53. The summed E-state index contributed by atoms with van der Waals surface area (Å²) in [6.07, 6.45) is 1.68. The molecule has 0 aliphatic heterocycles. The summed E-state index contributed by atoms with van der Waals surface area (Å²) in [6.45, 7) is 3.99. The van der Waals surface area contributed by atoms with E-state index in [1.165, 1.54) is 0 Å². The third kappa shape index (κ3) is 1.15. The number of fused-ring (bicyclic) bond motifs is 1. The molecule has 0 atom stereocenters. The van der Waals surface area contributed by atoms with Crippen molar-refractivity contribution < 1.29 is 0 Å². The van der Waals surface area contributed by atoms with Crippen molar-refractivity contribution in [3.8, 4) is 0 Å². The molecular weight excluding hydrogens is 162 g/mol. The molecule has 0 unspecified atom stereocenters. The molecule has 0 aliphatic rings. The molecule has 2 aromatic rings. The number of rotatable bonds is 0. The van der Waals surface area contributed by atoms with Crippen LogP contribution in [0.15, 0.2) is 29.2 Å². The summed E-state index contributed by atoms with van der Waals surface area (Å²) in [4.78, 5) is 14.6. The van der Waals surface area contributed by atoms with Gasteiger partial charge in [-0.05, 0) is 31.0 Å². The van der Waals surface area contributed by atoms with E-state index in [2.05, 4.69) is 4.98 Å². The predicted octanol–water partition coefficient (Wildman–Crippen LogP) is 2.14. The Morgan fingerprint density at radius 1 is 1.15 bits per heavy atom. The lowest BCUT2D eigenvalue weighted by Crippen LogP contribution is -2.02. The van der Waals surface area contributed by atoms with Gasteiger partial charge in [0.15, 0.2) is 5.43 Å². The quantitative estimate of drug-likeness (QED) is 0.650. The van der Waals surface area contributed by atoms with E-state index >= 15 is 0 Å². The van der Waals surface area contributed by atoms with Gasteiger partial charge in [0.1, 0.15) is 0 Å². The van der Waals surface area contributed by atoms with Gasteiger partial charge in [-0.1, -0.05) is 6.07 Å². The van der Waals surface area contributed by atoms with Crippen LogP contribution in [0.5, 0.6) is 0 Å². The third-order valence-electron chi connectivity index (χ3n) is 2.46. The number of benzene rings is 1. The molecule has 1 N–H and O–H groups in total. The Hall–Kier alpha value is -1.57. The molecule has 0 fully saturated rings. The lowest BCUT2D eigenvalue weighted by Gasteiger charge is -2.03. The maximum absolute atomic E-state index is 11.5. The Kier molecular flexibility index (Phi) is 1.69. The van der Waals surface area contributed by atoms with Crippen LogP contribution in [-0.2, 0) is 0 Å². The number of aromatic amines is 1. The molecule has 1 aromatic carbocycles. The predicted molar refractivity (Wildman–Crippen MR) is 54.0 cm³/mol. The van der Waals surface area contributed by atoms with Gasteiger partial charge < -0.3 is 4.98 Å². The van der Waals surface area contributed by atoms with Crippen molar-refractivity contribution in [1.29, 1.82) is 0 Å². The van der Waals surface area contributed by atoms with Crippen LogP contribution in [-0.4, -0.2) is 4.98 Å². The average Bonchev–Trinajstić information content (AvgIpc) is 2.12. The Morgan fingerprint density at radius 2 is 1.92 bits per heavy atom. The molecule has 0 aliphatic carbocycles. The number of pyridine rings is 1. The van der Waals surface area contributed by atoms with E-state index in [1.807, 2.05) is 26.0 Å². The average molecular weight is 173 g/mol. The minimum absolute atomic E-state index is 0.0925. The molecular formula is C11H11NO. The van der Waals surface area contributed by atoms with Gasteiger partial charge in [-0.3, -0.25) is 4.79 Å². The number of aromatic nitrogens is 1. The fourth-order valence-corrected chi connectivity index (χ4v) is 1.54. The maximum atomic E-state index is 11.5. The molecule has 1 aromatic heterocycles. The largest absolute Gasteiger partial charge is 0.361 e. The maximum Gasteiger partial charge on any atom is 0.189 e. The van der Waals surface area contributed by atoms with Crippen molar-refractivity contribution in [3.05, 3.63) is 45.7 Å². The van der Waals surface area contributed by atoms with E-state index in [-0.39, 0.29) is 5.43 Å². The molecule has 0 spiro atoms. The molecule has 2 heteroatoms. The number of hydrogen-bond donors (Lipinski definition) is 1. The fraction of sp³-hybridized carbons (Fsp3) is 0.182. The van der Waals surface area contributed by atoms with Crippen LogP contribution >= 0.6 is 0 Å². The van der Waals surface area contributed by atoms with Crippen LogP contribution in [0, 0.1) is 13.8 Å². The first kappa shape index (κ1) is 8.05. The van der Waals surface area contributed by atoms with Gasteiger partial charge in [0.05, 0.1) is 0 Å². The Bertz CT molecular complexity index is 511. The zero-order chi connectivity index (χ0) is 9.42. The first-order chi connectivity index (χ1) is 6.20. The van der Waals surface area contributed by atoms with E-state index in [1.54, 1.807) is 12.3 Å². The number of aryl methyl sites for hydroxylation is 2. The molecule has 0 bridgehead atoms. The van der Waals surface area contributed by atoms with Crippen LogP contribution in [0.4, 0.5) is 0 Å². The summed E-state index contributed by atoms with van der Waals surface area (Å²) >= 11 is 0. The van der Waals surface area contributed by atoms with Crippen LogP contribution in [0.1, 0.15) is 11.1 Å². The van der Waals surface area contributed by atoms with Crippen LogP contribution in [0.3, 0.4) is 0 Å². The topological polar surface area (TPSA) is 32.9 Å². The second-order valence-electron chi connectivity index (χ2n) is 3.27. The van der Waals surface area contributed by atoms with Crippen LogP contribution < -0.4 is 5.43 Å². The van der Waals surface area contributed by atoms with Gasteiger partial charge in [-0.25, -0.2) is 0 Å². The van der Waals surface area contributed by atoms with E-state index in [4.69, 9.17) is 0 Å². The number of hydrogen-bond acceptors (Lipinski definition) is 1. The molecule has 0 saturated heterocycles. The molecule has 1 heterocycles. The lowest BCUT2D eigenvalue weighted by atomic mass is 10.0. The van der Waals surface area contributed by atoms with E-state index in [9.17, 15) is 4.79 Å². The lowest BCUT2D eigenvalue weighted by molar-refractivity contribution is 1.32. The van der Waals surface area contributed by atoms with E-state index in [0.29, 0.717) is 0 Å². The summed E-state index contributed by atoms with van der Waals surface area (Å²) < 4.78 is 0.